The van der Waals surface area contributed by atoms with E-state index in [9.17, 15) is 4.79 Å². The number of nitrogens with one attached hydrogen (secondary N) is 2. The van der Waals surface area contributed by atoms with Gasteiger partial charge in [-0.1, -0.05) is 0 Å². The van der Waals surface area contributed by atoms with Gasteiger partial charge in [0.1, 0.15) is 0 Å². The Hall–Kier alpha value is -0.940. The number of nitrogens with zero attached hydrogens (tertiary/aromatic N) is 4. The number of halogens is 1. The zero-order chi connectivity index (χ0) is 19.2. The molecule has 28 heavy (non-hydrogen) atoms. The van der Waals surface area contributed by atoms with Crippen LogP contribution in [0.3, 0.4) is 0 Å². The number of amides is 1. The van der Waals surface area contributed by atoms with Crippen LogP contribution in [-0.4, -0.2) is 73.0 Å². The molecule has 1 atom stereocenters. The quantitative estimate of drug-likeness (QED) is 0.354. The predicted octanol–water partition coefficient (Wildman–Crippen LogP) is 2.07. The molecule has 9 heteroatoms. The molecule has 3 rings (SSSR count). The number of rotatable bonds is 5. The Balaban J connectivity index is 0.00000280. The van der Waals surface area contributed by atoms with Crippen LogP contribution in [0, 0.1) is 12.8 Å². The van der Waals surface area contributed by atoms with E-state index in [0.717, 1.165) is 50.1 Å². The first-order valence-corrected chi connectivity index (χ1v) is 10.8. The molecule has 0 aliphatic carbocycles. The van der Waals surface area contributed by atoms with Gasteiger partial charge in [0.05, 0.1) is 10.7 Å². The van der Waals surface area contributed by atoms with Crippen molar-refractivity contribution in [1.82, 2.24) is 25.4 Å². The van der Waals surface area contributed by atoms with Crippen molar-refractivity contribution in [2.24, 2.45) is 10.9 Å². The Morgan fingerprint density at radius 3 is 2.71 bits per heavy atom. The minimum absolute atomic E-state index is 0. The molecule has 0 spiro atoms. The van der Waals surface area contributed by atoms with E-state index < -0.39 is 0 Å². The van der Waals surface area contributed by atoms with Gasteiger partial charge >= 0.3 is 0 Å². The fourth-order valence-electron chi connectivity index (χ4n) is 3.82. The lowest BCUT2D eigenvalue weighted by atomic mass is 9.97. The Bertz CT molecular complexity index is 659. The van der Waals surface area contributed by atoms with Crippen molar-refractivity contribution in [3.63, 3.8) is 0 Å². The summed E-state index contributed by atoms with van der Waals surface area (Å²) in [6, 6.07) is 0.280. The van der Waals surface area contributed by atoms with Crippen molar-refractivity contribution in [2.45, 2.75) is 45.2 Å². The van der Waals surface area contributed by atoms with Gasteiger partial charge in [-0.25, -0.2) is 4.98 Å². The number of aliphatic imine (C=N–C) groups is 1. The highest BCUT2D eigenvalue weighted by Crippen LogP contribution is 2.19. The molecule has 1 unspecified atom stereocenters. The zero-order valence-electron chi connectivity index (χ0n) is 17.1. The van der Waals surface area contributed by atoms with Crippen molar-refractivity contribution in [1.29, 1.82) is 0 Å². The van der Waals surface area contributed by atoms with E-state index >= 15 is 0 Å². The summed E-state index contributed by atoms with van der Waals surface area (Å²) in [4.78, 5) is 24.9. The molecule has 2 aliphatic heterocycles. The summed E-state index contributed by atoms with van der Waals surface area (Å²) >= 11 is 1.73. The number of thiazole rings is 1. The maximum Gasteiger partial charge on any atom is 0.222 e. The van der Waals surface area contributed by atoms with Crippen molar-refractivity contribution >= 4 is 47.2 Å². The standard InChI is InChI=1S/C19H32N6OS.HI/c1-14-22-17(13-27-14)12-25-8-6-15(7-9-25)10-21-19(20-2)23-16-4-5-18(26)24(3)11-16;/h13,15-16H,4-12H2,1-3H3,(H2,20,21,23);1H. The van der Waals surface area contributed by atoms with Crippen LogP contribution in [0.15, 0.2) is 10.4 Å². The molecule has 1 aromatic heterocycles. The molecule has 1 amide bonds. The number of aryl methyl sites for hydroxylation is 1. The van der Waals surface area contributed by atoms with Crippen LogP contribution in [-0.2, 0) is 11.3 Å². The third kappa shape index (κ3) is 6.84. The molecule has 0 radical (unpaired) electrons. The number of aromatic nitrogens is 1. The second-order valence-corrected chi connectivity index (χ2v) is 8.75. The number of guanidine groups is 1. The number of hydrogen-bond donors (Lipinski definition) is 2. The highest BCUT2D eigenvalue weighted by molar-refractivity contribution is 14.0. The van der Waals surface area contributed by atoms with E-state index in [-0.39, 0.29) is 35.9 Å². The largest absolute Gasteiger partial charge is 0.356 e. The van der Waals surface area contributed by atoms with Gasteiger partial charge in [0.25, 0.3) is 0 Å². The summed E-state index contributed by atoms with van der Waals surface area (Å²) < 4.78 is 0. The van der Waals surface area contributed by atoms with Crippen LogP contribution in [0.25, 0.3) is 0 Å². The van der Waals surface area contributed by atoms with E-state index in [1.54, 1.807) is 16.2 Å². The monoisotopic (exact) mass is 520 g/mol. The maximum atomic E-state index is 11.6. The maximum absolute atomic E-state index is 11.6. The summed E-state index contributed by atoms with van der Waals surface area (Å²) in [5.74, 6) is 1.76. The van der Waals surface area contributed by atoms with Gasteiger partial charge < -0.3 is 15.5 Å². The number of carbonyl (C=O) groups excluding carboxylic acids is 1. The SMILES string of the molecule is CN=C(NCC1CCN(Cc2csc(C)n2)CC1)NC1CCC(=O)N(C)C1.I. The lowest BCUT2D eigenvalue weighted by Gasteiger charge is -2.33. The normalized spacial score (nSPS) is 22.1. The van der Waals surface area contributed by atoms with Gasteiger partial charge in [0, 0.05) is 51.6 Å². The molecule has 2 N–H and O–H groups in total. The predicted molar refractivity (Wildman–Crippen MR) is 125 cm³/mol. The van der Waals surface area contributed by atoms with Crippen molar-refractivity contribution in [2.75, 3.05) is 40.3 Å². The van der Waals surface area contributed by atoms with Crippen LogP contribution in [0.4, 0.5) is 0 Å². The molecule has 1 aromatic rings. The topological polar surface area (TPSA) is 72.9 Å². The Labute approximate surface area is 189 Å². The zero-order valence-corrected chi connectivity index (χ0v) is 20.3. The Morgan fingerprint density at radius 2 is 2.11 bits per heavy atom. The second-order valence-electron chi connectivity index (χ2n) is 7.68. The molecule has 158 valence electrons. The highest BCUT2D eigenvalue weighted by atomic mass is 127. The molecule has 0 bridgehead atoms. The summed E-state index contributed by atoms with van der Waals surface area (Å²) in [5, 5.41) is 10.3. The molecule has 2 fully saturated rings. The van der Waals surface area contributed by atoms with E-state index in [0.29, 0.717) is 12.3 Å². The molecule has 2 aliphatic rings. The first-order valence-electron chi connectivity index (χ1n) is 9.88. The van der Waals surface area contributed by atoms with Gasteiger partial charge in [0.2, 0.25) is 5.91 Å². The Morgan fingerprint density at radius 1 is 1.36 bits per heavy atom. The molecular weight excluding hydrogens is 487 g/mol. The highest BCUT2D eigenvalue weighted by Gasteiger charge is 2.24. The van der Waals surface area contributed by atoms with E-state index in [2.05, 4.69) is 37.8 Å². The fourth-order valence-corrected chi connectivity index (χ4v) is 4.42. The van der Waals surface area contributed by atoms with Crippen LogP contribution in [0.2, 0.25) is 0 Å². The Kier molecular flexibility index (Phi) is 9.42. The molecule has 0 saturated carbocycles. The smallest absolute Gasteiger partial charge is 0.222 e. The minimum atomic E-state index is 0. The summed E-state index contributed by atoms with van der Waals surface area (Å²) in [5.41, 5.74) is 1.20. The molecule has 0 aromatic carbocycles. The first-order chi connectivity index (χ1) is 13.0. The van der Waals surface area contributed by atoms with E-state index in [1.807, 2.05) is 14.1 Å². The van der Waals surface area contributed by atoms with Crippen molar-refractivity contribution in [3.05, 3.63) is 16.1 Å². The number of hydrogen-bond acceptors (Lipinski definition) is 5. The lowest BCUT2D eigenvalue weighted by molar-refractivity contribution is -0.132. The van der Waals surface area contributed by atoms with Crippen molar-refractivity contribution in [3.8, 4) is 0 Å². The number of carbonyl (C=O) groups is 1. The van der Waals surface area contributed by atoms with Crippen LogP contribution < -0.4 is 10.6 Å². The third-order valence-electron chi connectivity index (χ3n) is 5.51. The summed E-state index contributed by atoms with van der Waals surface area (Å²) in [6.07, 6.45) is 3.89. The first kappa shape index (κ1) is 23.3. The van der Waals surface area contributed by atoms with Gasteiger partial charge in [-0.15, -0.1) is 35.3 Å². The summed E-state index contributed by atoms with van der Waals surface area (Å²) in [6.45, 7) is 6.99. The van der Waals surface area contributed by atoms with Crippen molar-refractivity contribution < 1.29 is 4.79 Å². The molecular formula is C19H33IN6OS. The van der Waals surface area contributed by atoms with Crippen LogP contribution in [0.1, 0.15) is 36.4 Å². The van der Waals surface area contributed by atoms with Gasteiger partial charge in [-0.05, 0) is 45.2 Å². The minimum Gasteiger partial charge on any atom is -0.356 e. The van der Waals surface area contributed by atoms with E-state index in [1.165, 1.54) is 18.5 Å². The van der Waals surface area contributed by atoms with Gasteiger partial charge in [-0.3, -0.25) is 14.7 Å². The number of likely N-dealkylation sites (tertiary alicyclic amines) is 2. The van der Waals surface area contributed by atoms with Crippen LogP contribution >= 0.6 is 35.3 Å². The van der Waals surface area contributed by atoms with Gasteiger partial charge in [0.15, 0.2) is 5.96 Å². The second kappa shape index (κ2) is 11.3. The number of piperidine rings is 2. The fraction of sp³-hybridized carbons (Fsp3) is 0.737. The lowest BCUT2D eigenvalue weighted by Crippen LogP contribution is -2.52. The molecule has 3 heterocycles. The average molecular weight is 520 g/mol. The summed E-state index contributed by atoms with van der Waals surface area (Å²) in [7, 11) is 3.68. The number of likely N-dealkylation sites (N-methyl/N-ethyl adjacent to an activating group) is 1. The average Bonchev–Trinajstić information content (AvgIpc) is 3.07. The van der Waals surface area contributed by atoms with Gasteiger partial charge in [-0.2, -0.15) is 0 Å². The van der Waals surface area contributed by atoms with E-state index in [4.69, 9.17) is 0 Å². The van der Waals surface area contributed by atoms with Crippen LogP contribution in [0.5, 0.6) is 0 Å². The molecule has 2 saturated heterocycles. The third-order valence-corrected chi connectivity index (χ3v) is 6.33. The molecule has 7 nitrogen and oxygen atoms in total.